The fraction of sp³-hybridized carbons (Fsp3) is 0.500. The van der Waals surface area contributed by atoms with E-state index in [9.17, 15) is 0 Å². The summed E-state index contributed by atoms with van der Waals surface area (Å²) in [6, 6.07) is 8.91. The highest BCUT2D eigenvalue weighted by molar-refractivity contribution is 7.17. The zero-order chi connectivity index (χ0) is 10.1. The van der Waals surface area contributed by atoms with Crippen LogP contribution in [-0.2, 0) is 5.41 Å². The minimum atomic E-state index is 0.267. The van der Waals surface area contributed by atoms with Gasteiger partial charge in [0.05, 0.1) is 0 Å². The predicted molar refractivity (Wildman–Crippen MR) is 63.3 cm³/mol. The molecule has 72 valence electrons. The maximum Gasteiger partial charge on any atom is -0.00428 e. The Hall–Kier alpha value is -0.350. The second-order valence-electron chi connectivity index (χ2n) is 4.66. The van der Waals surface area contributed by atoms with Crippen molar-refractivity contribution in [3.63, 3.8) is 0 Å². The van der Waals surface area contributed by atoms with E-state index in [0.29, 0.717) is 5.66 Å². The first-order valence-corrected chi connectivity index (χ1v) is 5.44. The smallest absolute Gasteiger partial charge is 0.00428 e. The molecule has 0 saturated carbocycles. The molecule has 0 heterocycles. The van der Waals surface area contributed by atoms with E-state index in [1.54, 1.807) is 0 Å². The molecule has 1 aromatic rings. The van der Waals surface area contributed by atoms with Gasteiger partial charge in [-0.25, -0.2) is 0 Å². The number of benzene rings is 1. The average Bonchev–Trinajstić information content (AvgIpc) is 2.03. The zero-order valence-electron chi connectivity index (χ0n) is 8.96. The SMILES string of the molecule is CC(P)c1ccc(C(C)(C)C)cc1. The molecule has 0 aliphatic heterocycles. The van der Waals surface area contributed by atoms with E-state index < -0.39 is 0 Å². The summed E-state index contributed by atoms with van der Waals surface area (Å²) in [5.41, 5.74) is 3.61. The average molecular weight is 194 g/mol. The molecule has 1 rings (SSSR count). The molecule has 0 amide bonds. The second-order valence-corrected chi connectivity index (χ2v) is 5.66. The minimum Gasteiger partial charge on any atom is -0.130 e. The lowest BCUT2D eigenvalue weighted by atomic mass is 9.86. The summed E-state index contributed by atoms with van der Waals surface area (Å²) in [6.45, 7) is 8.92. The Morgan fingerprint density at radius 1 is 1.08 bits per heavy atom. The molecule has 2 atom stereocenters. The van der Waals surface area contributed by atoms with Gasteiger partial charge in [0, 0.05) is 0 Å². The molecular formula is C12H19P. The molecule has 0 radical (unpaired) electrons. The van der Waals surface area contributed by atoms with E-state index in [1.165, 1.54) is 11.1 Å². The van der Waals surface area contributed by atoms with E-state index in [0.717, 1.165) is 0 Å². The molecule has 1 aromatic carbocycles. The molecule has 0 fully saturated rings. The van der Waals surface area contributed by atoms with E-state index >= 15 is 0 Å². The van der Waals surface area contributed by atoms with Gasteiger partial charge in [-0.05, 0) is 22.2 Å². The topological polar surface area (TPSA) is 0 Å². The van der Waals surface area contributed by atoms with Gasteiger partial charge in [0.25, 0.3) is 0 Å². The van der Waals surface area contributed by atoms with Gasteiger partial charge in [-0.1, -0.05) is 52.0 Å². The Labute approximate surface area is 84.0 Å². The van der Waals surface area contributed by atoms with Gasteiger partial charge in [0.1, 0.15) is 0 Å². The maximum atomic E-state index is 2.82. The molecule has 0 spiro atoms. The molecule has 2 unspecified atom stereocenters. The Morgan fingerprint density at radius 2 is 1.54 bits per heavy atom. The summed E-state index contributed by atoms with van der Waals surface area (Å²) < 4.78 is 0. The van der Waals surface area contributed by atoms with Crippen LogP contribution in [0, 0.1) is 0 Å². The van der Waals surface area contributed by atoms with Gasteiger partial charge in [0.2, 0.25) is 0 Å². The van der Waals surface area contributed by atoms with Crippen molar-refractivity contribution in [3.8, 4) is 0 Å². The molecule has 1 heteroatoms. The summed E-state index contributed by atoms with van der Waals surface area (Å²) in [6.07, 6.45) is 0. The van der Waals surface area contributed by atoms with Crippen LogP contribution in [0.2, 0.25) is 0 Å². The van der Waals surface area contributed by atoms with Crippen LogP contribution < -0.4 is 0 Å². The van der Waals surface area contributed by atoms with Crippen LogP contribution >= 0.6 is 9.24 Å². The monoisotopic (exact) mass is 194 g/mol. The van der Waals surface area contributed by atoms with Crippen molar-refractivity contribution >= 4 is 9.24 Å². The van der Waals surface area contributed by atoms with E-state index in [-0.39, 0.29) is 5.41 Å². The highest BCUT2D eigenvalue weighted by Gasteiger charge is 2.12. The van der Waals surface area contributed by atoms with Crippen molar-refractivity contribution in [2.45, 2.75) is 38.8 Å². The summed E-state index contributed by atoms with van der Waals surface area (Å²) >= 11 is 0. The van der Waals surface area contributed by atoms with Crippen LogP contribution in [-0.4, -0.2) is 0 Å². The lowest BCUT2D eigenvalue weighted by Gasteiger charge is -2.19. The third-order valence-electron chi connectivity index (χ3n) is 2.30. The van der Waals surface area contributed by atoms with Crippen LogP contribution in [0.5, 0.6) is 0 Å². The fourth-order valence-corrected chi connectivity index (χ4v) is 1.51. The zero-order valence-corrected chi connectivity index (χ0v) is 10.1. The molecule has 0 N–H and O–H groups in total. The highest BCUT2D eigenvalue weighted by atomic mass is 31.0. The Bertz CT molecular complexity index is 264. The van der Waals surface area contributed by atoms with Crippen LogP contribution in [0.4, 0.5) is 0 Å². The van der Waals surface area contributed by atoms with Crippen LogP contribution in [0.3, 0.4) is 0 Å². The quantitative estimate of drug-likeness (QED) is 0.594. The molecular weight excluding hydrogens is 175 g/mol. The van der Waals surface area contributed by atoms with E-state index in [1.807, 2.05) is 0 Å². The molecule has 0 aliphatic carbocycles. The largest absolute Gasteiger partial charge is 0.130 e. The molecule has 0 saturated heterocycles. The van der Waals surface area contributed by atoms with E-state index in [4.69, 9.17) is 0 Å². The third-order valence-corrected chi connectivity index (χ3v) is 2.69. The van der Waals surface area contributed by atoms with Crippen molar-refractivity contribution < 1.29 is 0 Å². The molecule has 0 bridgehead atoms. The lowest BCUT2D eigenvalue weighted by Crippen LogP contribution is -2.10. The van der Waals surface area contributed by atoms with E-state index in [2.05, 4.69) is 61.2 Å². The third kappa shape index (κ3) is 2.81. The lowest BCUT2D eigenvalue weighted by molar-refractivity contribution is 0.590. The number of hydrogen-bond acceptors (Lipinski definition) is 0. The first kappa shape index (κ1) is 10.7. The van der Waals surface area contributed by atoms with Crippen LogP contribution in [0.1, 0.15) is 44.5 Å². The second kappa shape index (κ2) is 3.80. The summed E-state index contributed by atoms with van der Waals surface area (Å²) in [5, 5.41) is 0. The van der Waals surface area contributed by atoms with Crippen LogP contribution in [0.15, 0.2) is 24.3 Å². The van der Waals surface area contributed by atoms with Gasteiger partial charge in [0.15, 0.2) is 0 Å². The van der Waals surface area contributed by atoms with Gasteiger partial charge < -0.3 is 0 Å². The highest BCUT2D eigenvalue weighted by Crippen LogP contribution is 2.26. The molecule has 0 aromatic heterocycles. The summed E-state index contributed by atoms with van der Waals surface area (Å²) in [5.74, 6) is 0. The normalized spacial score (nSPS) is 14.2. The number of hydrogen-bond donors (Lipinski definition) is 0. The van der Waals surface area contributed by atoms with Gasteiger partial charge in [-0.2, -0.15) is 0 Å². The van der Waals surface area contributed by atoms with Crippen LogP contribution in [0.25, 0.3) is 0 Å². The van der Waals surface area contributed by atoms with Crippen molar-refractivity contribution in [3.05, 3.63) is 35.4 Å². The Kier molecular flexibility index (Phi) is 3.14. The molecule has 0 nitrogen and oxygen atoms in total. The van der Waals surface area contributed by atoms with Gasteiger partial charge in [-0.15, -0.1) is 9.24 Å². The molecule has 13 heavy (non-hydrogen) atoms. The van der Waals surface area contributed by atoms with Crippen molar-refractivity contribution in [1.29, 1.82) is 0 Å². The fourth-order valence-electron chi connectivity index (χ4n) is 1.29. The maximum absolute atomic E-state index is 2.82. The van der Waals surface area contributed by atoms with Gasteiger partial charge >= 0.3 is 0 Å². The van der Waals surface area contributed by atoms with Crippen molar-refractivity contribution in [1.82, 2.24) is 0 Å². The summed E-state index contributed by atoms with van der Waals surface area (Å²) in [7, 11) is 2.82. The minimum absolute atomic E-state index is 0.267. The standard InChI is InChI=1S/C12H19P/c1-9(13)10-5-7-11(8-6-10)12(2,3)4/h5-9H,13H2,1-4H3. The summed E-state index contributed by atoms with van der Waals surface area (Å²) in [4.78, 5) is 0. The first-order chi connectivity index (χ1) is 5.91. The van der Waals surface area contributed by atoms with Crippen molar-refractivity contribution in [2.24, 2.45) is 0 Å². The Balaban J connectivity index is 2.94. The molecule has 0 aliphatic rings. The van der Waals surface area contributed by atoms with Gasteiger partial charge in [-0.3, -0.25) is 0 Å². The number of rotatable bonds is 1. The van der Waals surface area contributed by atoms with Crippen molar-refractivity contribution in [2.75, 3.05) is 0 Å². The first-order valence-electron chi connectivity index (χ1n) is 4.77. The Morgan fingerprint density at radius 3 is 1.85 bits per heavy atom. The predicted octanol–water partition coefficient (Wildman–Crippen LogP) is 3.92.